The fraction of sp³-hybridized carbons (Fsp3) is 0.100. The number of hydrogen-bond acceptors (Lipinski definition) is 3. The highest BCUT2D eigenvalue weighted by Crippen LogP contribution is 2.25. The van der Waals surface area contributed by atoms with Gasteiger partial charge in [0.05, 0.1) is 16.8 Å². The molecule has 0 saturated carbocycles. The largest absolute Gasteiger partial charge is 0.335 e. The van der Waals surface area contributed by atoms with Gasteiger partial charge in [-0.2, -0.15) is 5.26 Å². The van der Waals surface area contributed by atoms with Gasteiger partial charge in [-0.25, -0.2) is 0 Å². The first-order valence-corrected chi connectivity index (χ1v) is 5.63. The molecular formula is C10H7BrClN3O2. The number of hydrogen-bond donors (Lipinski definition) is 2. The number of halogens is 2. The molecule has 0 aromatic heterocycles. The van der Waals surface area contributed by atoms with E-state index in [1.54, 1.807) is 24.3 Å². The van der Waals surface area contributed by atoms with Gasteiger partial charge in [-0.15, -0.1) is 0 Å². The Morgan fingerprint density at radius 2 is 2.12 bits per heavy atom. The summed E-state index contributed by atoms with van der Waals surface area (Å²) in [5, 5.41) is 13.0. The molecule has 0 bridgehead atoms. The molecule has 17 heavy (non-hydrogen) atoms. The molecule has 1 rings (SSSR count). The Kier molecular flexibility index (Phi) is 4.94. The molecule has 2 N–H and O–H groups in total. The second-order valence-electron chi connectivity index (χ2n) is 2.92. The van der Waals surface area contributed by atoms with E-state index in [4.69, 9.17) is 16.9 Å². The summed E-state index contributed by atoms with van der Waals surface area (Å²) in [6.45, 7) is -0.224. The average molecular weight is 317 g/mol. The number of carbonyl (C=O) groups excluding carboxylic acids is 2. The first kappa shape index (κ1) is 13.5. The van der Waals surface area contributed by atoms with Crippen molar-refractivity contribution in [3.63, 3.8) is 0 Å². The van der Waals surface area contributed by atoms with Crippen LogP contribution < -0.4 is 10.6 Å². The van der Waals surface area contributed by atoms with Crippen molar-refractivity contribution < 1.29 is 9.59 Å². The summed E-state index contributed by atoms with van der Waals surface area (Å²) < 4.78 is 0.717. The van der Waals surface area contributed by atoms with Gasteiger partial charge in [0.2, 0.25) is 0 Å². The van der Waals surface area contributed by atoms with Crippen LogP contribution in [0, 0.1) is 11.3 Å². The third-order valence-corrected chi connectivity index (χ3v) is 2.53. The van der Waals surface area contributed by atoms with E-state index in [9.17, 15) is 9.59 Å². The monoisotopic (exact) mass is 315 g/mol. The van der Waals surface area contributed by atoms with Gasteiger partial charge in [0.25, 0.3) is 0 Å². The highest BCUT2D eigenvalue weighted by molar-refractivity contribution is 9.10. The standard InChI is InChI=1S/C10H7BrClN3O2/c11-6-1-2-7(12)8(5-6)15-10(17)9(16)14-4-3-13/h1-2,5H,4H2,(H,14,16)(H,15,17). The zero-order valence-corrected chi connectivity index (χ0v) is 10.8. The SMILES string of the molecule is N#CCNC(=O)C(=O)Nc1cc(Br)ccc1Cl. The van der Waals surface area contributed by atoms with Gasteiger partial charge in [0, 0.05) is 4.47 Å². The second-order valence-corrected chi connectivity index (χ2v) is 4.24. The Labute approximate surface area is 111 Å². The van der Waals surface area contributed by atoms with Crippen LogP contribution >= 0.6 is 27.5 Å². The zero-order valence-electron chi connectivity index (χ0n) is 8.46. The maximum absolute atomic E-state index is 11.4. The van der Waals surface area contributed by atoms with Crippen molar-refractivity contribution in [2.75, 3.05) is 11.9 Å². The summed E-state index contributed by atoms with van der Waals surface area (Å²) in [7, 11) is 0. The molecule has 0 radical (unpaired) electrons. The number of amides is 2. The summed E-state index contributed by atoms with van der Waals surface area (Å²) in [5.41, 5.74) is 0.318. The van der Waals surface area contributed by atoms with Crippen LogP contribution in [0.15, 0.2) is 22.7 Å². The number of nitriles is 1. The summed E-state index contributed by atoms with van der Waals surface area (Å²) >= 11 is 9.04. The average Bonchev–Trinajstić information content (AvgIpc) is 2.30. The van der Waals surface area contributed by atoms with Crippen LogP contribution in [0.25, 0.3) is 0 Å². The van der Waals surface area contributed by atoms with Crippen molar-refractivity contribution in [3.8, 4) is 6.07 Å². The fourth-order valence-electron chi connectivity index (χ4n) is 0.972. The summed E-state index contributed by atoms with van der Waals surface area (Å²) in [6.07, 6.45) is 0. The smallest absolute Gasteiger partial charge is 0.313 e. The Hall–Kier alpha value is -1.58. The quantitative estimate of drug-likeness (QED) is 0.643. The Bertz CT molecular complexity index is 499. The maximum atomic E-state index is 11.4. The Balaban J connectivity index is 2.71. The second kappa shape index (κ2) is 6.23. The first-order chi connectivity index (χ1) is 8.04. The van der Waals surface area contributed by atoms with Gasteiger partial charge in [-0.3, -0.25) is 9.59 Å². The van der Waals surface area contributed by atoms with Crippen molar-refractivity contribution in [2.45, 2.75) is 0 Å². The number of rotatable bonds is 2. The van der Waals surface area contributed by atoms with E-state index in [0.717, 1.165) is 4.47 Å². The van der Waals surface area contributed by atoms with E-state index >= 15 is 0 Å². The summed E-state index contributed by atoms with van der Waals surface area (Å²) in [5.74, 6) is -1.76. The highest BCUT2D eigenvalue weighted by atomic mass is 79.9. The van der Waals surface area contributed by atoms with E-state index < -0.39 is 11.8 Å². The topological polar surface area (TPSA) is 82.0 Å². The molecule has 0 heterocycles. The van der Waals surface area contributed by atoms with Crippen LogP contribution in [-0.2, 0) is 9.59 Å². The van der Waals surface area contributed by atoms with Crippen LogP contribution in [-0.4, -0.2) is 18.4 Å². The number of benzene rings is 1. The molecule has 0 unspecified atom stereocenters. The molecule has 1 aromatic rings. The van der Waals surface area contributed by atoms with Crippen molar-refractivity contribution >= 4 is 45.0 Å². The van der Waals surface area contributed by atoms with Crippen molar-refractivity contribution in [1.29, 1.82) is 5.26 Å². The molecule has 88 valence electrons. The molecule has 0 fully saturated rings. The number of anilines is 1. The molecular weight excluding hydrogens is 309 g/mol. The van der Waals surface area contributed by atoms with Crippen LogP contribution in [0.1, 0.15) is 0 Å². The molecule has 1 aromatic carbocycles. The molecule has 0 aliphatic rings. The molecule has 5 nitrogen and oxygen atoms in total. The molecule has 7 heteroatoms. The number of carbonyl (C=O) groups is 2. The lowest BCUT2D eigenvalue weighted by molar-refractivity contribution is -0.136. The van der Waals surface area contributed by atoms with E-state index in [1.165, 1.54) is 0 Å². The van der Waals surface area contributed by atoms with Gasteiger partial charge >= 0.3 is 11.8 Å². The van der Waals surface area contributed by atoms with Gasteiger partial charge < -0.3 is 10.6 Å². The summed E-state index contributed by atoms with van der Waals surface area (Å²) in [6, 6.07) is 6.54. The van der Waals surface area contributed by atoms with Crippen LogP contribution in [0.5, 0.6) is 0 Å². The number of nitrogens with one attached hydrogen (secondary N) is 2. The molecule has 0 aliphatic carbocycles. The molecule has 2 amide bonds. The number of nitrogens with zero attached hydrogens (tertiary/aromatic N) is 1. The Morgan fingerprint density at radius 1 is 1.41 bits per heavy atom. The molecule has 0 aliphatic heterocycles. The van der Waals surface area contributed by atoms with E-state index in [-0.39, 0.29) is 6.54 Å². The van der Waals surface area contributed by atoms with Crippen molar-refractivity contribution in [3.05, 3.63) is 27.7 Å². The van der Waals surface area contributed by atoms with Gasteiger partial charge in [0.15, 0.2) is 0 Å². The molecule has 0 spiro atoms. The minimum Gasteiger partial charge on any atom is -0.335 e. The lowest BCUT2D eigenvalue weighted by Gasteiger charge is -2.06. The van der Waals surface area contributed by atoms with Crippen molar-refractivity contribution in [2.24, 2.45) is 0 Å². The minimum atomic E-state index is -0.886. The fourth-order valence-corrected chi connectivity index (χ4v) is 1.50. The molecule has 0 saturated heterocycles. The van der Waals surface area contributed by atoms with E-state index in [2.05, 4.69) is 26.6 Å². The minimum absolute atomic E-state index is 0.224. The third kappa shape index (κ3) is 4.06. The van der Waals surface area contributed by atoms with Gasteiger partial charge in [0.1, 0.15) is 6.54 Å². The van der Waals surface area contributed by atoms with E-state index in [0.29, 0.717) is 10.7 Å². The predicted octanol–water partition coefficient (Wildman–Crippen LogP) is 1.68. The normalized spacial score (nSPS) is 9.24. The highest BCUT2D eigenvalue weighted by Gasteiger charge is 2.14. The van der Waals surface area contributed by atoms with Crippen LogP contribution in [0.2, 0.25) is 5.02 Å². The third-order valence-electron chi connectivity index (χ3n) is 1.71. The van der Waals surface area contributed by atoms with Gasteiger partial charge in [-0.05, 0) is 18.2 Å². The molecule has 0 atom stereocenters. The lowest BCUT2D eigenvalue weighted by Crippen LogP contribution is -2.35. The maximum Gasteiger partial charge on any atom is 0.313 e. The van der Waals surface area contributed by atoms with Crippen LogP contribution in [0.4, 0.5) is 5.69 Å². The summed E-state index contributed by atoms with van der Waals surface area (Å²) in [4.78, 5) is 22.5. The van der Waals surface area contributed by atoms with Crippen LogP contribution in [0.3, 0.4) is 0 Å². The van der Waals surface area contributed by atoms with Crippen molar-refractivity contribution in [1.82, 2.24) is 5.32 Å². The van der Waals surface area contributed by atoms with Gasteiger partial charge in [-0.1, -0.05) is 27.5 Å². The zero-order chi connectivity index (χ0) is 12.8. The first-order valence-electron chi connectivity index (χ1n) is 4.45. The lowest BCUT2D eigenvalue weighted by atomic mass is 10.3. The predicted molar refractivity (Wildman–Crippen MR) is 66.4 cm³/mol. The Morgan fingerprint density at radius 3 is 2.76 bits per heavy atom. The van der Waals surface area contributed by atoms with E-state index in [1.807, 2.05) is 0 Å².